The molecule has 0 radical (unpaired) electrons. The van der Waals surface area contributed by atoms with Crippen LogP contribution in [0.1, 0.15) is 5.56 Å². The number of H-pyrrole nitrogens is 1. The quantitative estimate of drug-likeness (QED) is 0.652. The van der Waals surface area contributed by atoms with Gasteiger partial charge in [0.1, 0.15) is 0 Å². The van der Waals surface area contributed by atoms with Gasteiger partial charge in [0.25, 0.3) is 0 Å². The molecular formula is C22H24N4OS. The van der Waals surface area contributed by atoms with Gasteiger partial charge in [-0.2, -0.15) is 0 Å². The molecule has 0 aliphatic carbocycles. The molecule has 1 fully saturated rings. The highest BCUT2D eigenvalue weighted by Crippen LogP contribution is 2.19. The maximum atomic E-state index is 12.5. The van der Waals surface area contributed by atoms with E-state index in [1.54, 1.807) is 0 Å². The predicted octanol–water partition coefficient (Wildman–Crippen LogP) is 3.51. The number of aromatic nitrogens is 2. The van der Waals surface area contributed by atoms with E-state index in [0.717, 1.165) is 48.9 Å². The maximum absolute atomic E-state index is 12.5. The van der Waals surface area contributed by atoms with Crippen molar-refractivity contribution in [2.45, 2.75) is 5.16 Å². The molecule has 2 heterocycles. The summed E-state index contributed by atoms with van der Waals surface area (Å²) in [5.41, 5.74) is 3.17. The first-order valence-electron chi connectivity index (χ1n) is 9.57. The van der Waals surface area contributed by atoms with Gasteiger partial charge in [-0.1, -0.05) is 66.4 Å². The fourth-order valence-electron chi connectivity index (χ4n) is 3.30. The lowest BCUT2D eigenvalue weighted by atomic mass is 10.2. The molecule has 1 saturated heterocycles. The van der Waals surface area contributed by atoms with Gasteiger partial charge in [0.15, 0.2) is 5.16 Å². The number of hydrogen-bond acceptors (Lipinski definition) is 4. The lowest BCUT2D eigenvalue weighted by molar-refractivity contribution is -0.130. The number of carbonyl (C=O) groups is 1. The standard InChI is InChI=1S/C22H24N4OS/c27-21(17-28-22-23-19-10-4-5-11-20(19)24-22)26-15-13-25(14-16-26)12-6-9-18-7-2-1-3-8-18/h1-11H,12-17H2,(H,23,24)/b9-6+. The highest BCUT2D eigenvalue weighted by atomic mass is 32.2. The third-order valence-electron chi connectivity index (χ3n) is 4.90. The minimum atomic E-state index is 0.185. The number of thioether (sulfide) groups is 1. The normalized spacial score (nSPS) is 15.5. The van der Waals surface area contributed by atoms with Crippen molar-refractivity contribution in [3.8, 4) is 0 Å². The number of benzene rings is 2. The maximum Gasteiger partial charge on any atom is 0.233 e. The van der Waals surface area contributed by atoms with E-state index in [1.165, 1.54) is 17.3 Å². The number of piperazine rings is 1. The fraction of sp³-hybridized carbons (Fsp3) is 0.273. The molecule has 0 unspecified atom stereocenters. The second-order valence-corrected chi connectivity index (χ2v) is 7.81. The van der Waals surface area contributed by atoms with Crippen molar-refractivity contribution >= 4 is 34.8 Å². The smallest absolute Gasteiger partial charge is 0.233 e. The van der Waals surface area contributed by atoms with Crippen LogP contribution in [-0.2, 0) is 4.79 Å². The molecule has 1 aliphatic heterocycles. The minimum Gasteiger partial charge on any atom is -0.339 e. The van der Waals surface area contributed by atoms with Gasteiger partial charge in [-0.3, -0.25) is 9.69 Å². The number of fused-ring (bicyclic) bond motifs is 1. The second-order valence-electron chi connectivity index (χ2n) is 6.84. The second kappa shape index (κ2) is 9.08. The molecular weight excluding hydrogens is 368 g/mol. The SMILES string of the molecule is O=C(CSc1nc2ccccc2[nH]1)N1CCN(C/C=C/c2ccccc2)CC1. The molecule has 0 saturated carbocycles. The molecule has 0 atom stereocenters. The molecule has 3 aromatic rings. The van der Waals surface area contributed by atoms with Crippen molar-refractivity contribution < 1.29 is 4.79 Å². The first kappa shape index (κ1) is 18.8. The Balaban J connectivity index is 1.21. The van der Waals surface area contributed by atoms with Crippen molar-refractivity contribution in [3.05, 3.63) is 66.2 Å². The summed E-state index contributed by atoms with van der Waals surface area (Å²) in [6.07, 6.45) is 4.35. The van der Waals surface area contributed by atoms with E-state index in [9.17, 15) is 4.79 Å². The van der Waals surface area contributed by atoms with Crippen LogP contribution >= 0.6 is 11.8 Å². The zero-order valence-corrected chi connectivity index (χ0v) is 16.6. The summed E-state index contributed by atoms with van der Waals surface area (Å²) >= 11 is 1.48. The fourth-order valence-corrected chi connectivity index (χ4v) is 4.09. The van der Waals surface area contributed by atoms with Crippen molar-refractivity contribution in [1.82, 2.24) is 19.8 Å². The Hall–Kier alpha value is -2.57. The van der Waals surface area contributed by atoms with Crippen LogP contribution in [0.25, 0.3) is 17.1 Å². The van der Waals surface area contributed by atoms with Crippen molar-refractivity contribution in [3.63, 3.8) is 0 Å². The monoisotopic (exact) mass is 392 g/mol. The van der Waals surface area contributed by atoms with Crippen molar-refractivity contribution in [2.75, 3.05) is 38.5 Å². The Kier molecular flexibility index (Phi) is 6.09. The molecule has 4 rings (SSSR count). The van der Waals surface area contributed by atoms with Gasteiger partial charge < -0.3 is 9.88 Å². The average Bonchev–Trinajstić information content (AvgIpc) is 3.16. The Morgan fingerprint density at radius 2 is 1.79 bits per heavy atom. The Labute approximate surface area is 169 Å². The van der Waals surface area contributed by atoms with Crippen molar-refractivity contribution in [1.29, 1.82) is 0 Å². The molecule has 0 spiro atoms. The number of imidazole rings is 1. The largest absolute Gasteiger partial charge is 0.339 e. The molecule has 1 N–H and O–H groups in total. The van der Waals surface area contributed by atoms with Gasteiger partial charge in [0.05, 0.1) is 16.8 Å². The van der Waals surface area contributed by atoms with Gasteiger partial charge in [0, 0.05) is 32.7 Å². The third-order valence-corrected chi connectivity index (χ3v) is 5.76. The van der Waals surface area contributed by atoms with Gasteiger partial charge in [-0.25, -0.2) is 4.98 Å². The summed E-state index contributed by atoms with van der Waals surface area (Å²) < 4.78 is 0. The first-order chi connectivity index (χ1) is 13.8. The molecule has 6 heteroatoms. The summed E-state index contributed by atoms with van der Waals surface area (Å²) in [4.78, 5) is 24.7. The highest BCUT2D eigenvalue weighted by Gasteiger charge is 2.20. The predicted molar refractivity (Wildman–Crippen MR) is 115 cm³/mol. The van der Waals surface area contributed by atoms with Crippen LogP contribution in [0.15, 0.2) is 65.8 Å². The first-order valence-corrected chi connectivity index (χ1v) is 10.6. The Morgan fingerprint density at radius 3 is 2.57 bits per heavy atom. The Morgan fingerprint density at radius 1 is 1.04 bits per heavy atom. The number of aromatic amines is 1. The van der Waals surface area contributed by atoms with Gasteiger partial charge in [-0.15, -0.1) is 0 Å². The van der Waals surface area contributed by atoms with E-state index in [2.05, 4.69) is 39.2 Å². The molecule has 1 amide bonds. The zero-order chi connectivity index (χ0) is 19.2. The molecule has 1 aromatic heterocycles. The number of rotatable bonds is 6. The average molecular weight is 393 g/mol. The lowest BCUT2D eigenvalue weighted by Gasteiger charge is -2.34. The highest BCUT2D eigenvalue weighted by molar-refractivity contribution is 7.99. The van der Waals surface area contributed by atoms with Crippen LogP contribution in [0, 0.1) is 0 Å². The summed E-state index contributed by atoms with van der Waals surface area (Å²) in [5, 5.41) is 0.805. The van der Waals surface area contributed by atoms with E-state index in [4.69, 9.17) is 0 Å². The van der Waals surface area contributed by atoms with Crippen molar-refractivity contribution in [2.24, 2.45) is 0 Å². The van der Waals surface area contributed by atoms with E-state index in [-0.39, 0.29) is 5.91 Å². The zero-order valence-electron chi connectivity index (χ0n) is 15.8. The molecule has 0 bridgehead atoms. The van der Waals surface area contributed by atoms with Gasteiger partial charge >= 0.3 is 0 Å². The third kappa shape index (κ3) is 4.82. The minimum absolute atomic E-state index is 0.185. The van der Waals surface area contributed by atoms with Crippen LogP contribution in [0.3, 0.4) is 0 Å². The van der Waals surface area contributed by atoms with Crippen LogP contribution in [0.4, 0.5) is 0 Å². The molecule has 144 valence electrons. The molecule has 1 aliphatic rings. The van der Waals surface area contributed by atoms with Crippen LogP contribution in [-0.4, -0.2) is 64.2 Å². The number of carbonyl (C=O) groups excluding carboxylic acids is 1. The molecule has 28 heavy (non-hydrogen) atoms. The summed E-state index contributed by atoms with van der Waals surface area (Å²) in [7, 11) is 0. The lowest BCUT2D eigenvalue weighted by Crippen LogP contribution is -2.49. The number of amides is 1. The van der Waals surface area contributed by atoms with Crippen LogP contribution in [0.5, 0.6) is 0 Å². The van der Waals surface area contributed by atoms with Crippen LogP contribution in [0.2, 0.25) is 0 Å². The van der Waals surface area contributed by atoms with E-state index in [0.29, 0.717) is 5.75 Å². The summed E-state index contributed by atoms with van der Waals surface area (Å²) in [5.74, 6) is 0.609. The summed E-state index contributed by atoms with van der Waals surface area (Å²) in [6, 6.07) is 18.3. The van der Waals surface area contributed by atoms with Gasteiger partial charge in [-0.05, 0) is 17.7 Å². The van der Waals surface area contributed by atoms with E-state index >= 15 is 0 Å². The van der Waals surface area contributed by atoms with E-state index < -0.39 is 0 Å². The Bertz CT molecular complexity index is 912. The number of para-hydroxylation sites is 2. The molecule has 5 nitrogen and oxygen atoms in total. The molecule has 2 aromatic carbocycles. The number of hydrogen-bond donors (Lipinski definition) is 1. The topological polar surface area (TPSA) is 52.2 Å². The van der Waals surface area contributed by atoms with E-state index in [1.807, 2.05) is 47.4 Å². The number of nitrogens with zero attached hydrogens (tertiary/aromatic N) is 3. The van der Waals surface area contributed by atoms with Crippen LogP contribution < -0.4 is 0 Å². The summed E-state index contributed by atoms with van der Waals surface area (Å²) in [6.45, 7) is 4.34. The number of nitrogens with one attached hydrogen (secondary N) is 1. The van der Waals surface area contributed by atoms with Gasteiger partial charge in [0.2, 0.25) is 5.91 Å².